The van der Waals surface area contributed by atoms with Crippen LogP contribution in [0.1, 0.15) is 12.5 Å². The number of hydrogen-bond acceptors (Lipinski definition) is 6. The summed E-state index contributed by atoms with van der Waals surface area (Å²) in [5, 5.41) is 5.55. The van der Waals surface area contributed by atoms with Crippen molar-refractivity contribution >= 4 is 10.8 Å². The average Bonchev–Trinajstić information content (AvgIpc) is 2.75. The molecule has 4 rings (SSSR count). The predicted octanol–water partition coefficient (Wildman–Crippen LogP) is 3.56. The Kier molecular flexibility index (Phi) is 4.95. The first-order valence-corrected chi connectivity index (χ1v) is 9.23. The van der Waals surface area contributed by atoms with E-state index in [4.69, 9.17) is 9.47 Å². The summed E-state index contributed by atoms with van der Waals surface area (Å²) in [7, 11) is 1.65. The van der Waals surface area contributed by atoms with Crippen LogP contribution in [0.2, 0.25) is 0 Å². The lowest BCUT2D eigenvalue weighted by Gasteiger charge is -2.11. The number of benzene rings is 2. The second kappa shape index (κ2) is 7.71. The summed E-state index contributed by atoms with van der Waals surface area (Å²) >= 11 is 0. The fraction of sp³-hybridized carbons (Fsp3) is 0.182. The molecule has 146 valence electrons. The minimum absolute atomic E-state index is 0.202. The molecule has 0 bridgehead atoms. The van der Waals surface area contributed by atoms with Gasteiger partial charge in [0.15, 0.2) is 5.75 Å². The molecular weight excluding hydrogens is 368 g/mol. The summed E-state index contributed by atoms with van der Waals surface area (Å²) in [5.74, 6) is 1.57. The van der Waals surface area contributed by atoms with E-state index < -0.39 is 0 Å². The number of aromatic nitrogens is 4. The van der Waals surface area contributed by atoms with Crippen molar-refractivity contribution < 1.29 is 9.47 Å². The molecule has 0 aliphatic rings. The van der Waals surface area contributed by atoms with Gasteiger partial charge in [0.25, 0.3) is 11.5 Å². The van der Waals surface area contributed by atoms with Gasteiger partial charge in [-0.2, -0.15) is 9.78 Å². The Bertz CT molecular complexity index is 1230. The van der Waals surface area contributed by atoms with Gasteiger partial charge in [0.05, 0.1) is 37.7 Å². The summed E-state index contributed by atoms with van der Waals surface area (Å²) in [4.78, 5) is 21.3. The van der Waals surface area contributed by atoms with Gasteiger partial charge < -0.3 is 9.47 Å². The molecule has 0 spiro atoms. The van der Waals surface area contributed by atoms with Crippen LogP contribution < -0.4 is 15.0 Å². The molecule has 0 unspecified atom stereocenters. The number of hydrogen-bond donors (Lipinski definition) is 0. The molecule has 0 N–H and O–H groups in total. The largest absolute Gasteiger partial charge is 0.496 e. The topological polar surface area (TPSA) is 79.1 Å². The Morgan fingerprint density at radius 2 is 1.86 bits per heavy atom. The highest BCUT2D eigenvalue weighted by atomic mass is 16.5. The van der Waals surface area contributed by atoms with Crippen molar-refractivity contribution in [3.05, 3.63) is 70.9 Å². The molecule has 29 heavy (non-hydrogen) atoms. The molecule has 7 nitrogen and oxygen atoms in total. The van der Waals surface area contributed by atoms with Crippen LogP contribution in [0, 0.1) is 6.92 Å². The maximum Gasteiger partial charge on any atom is 0.282 e. The molecular formula is C22H20N4O3. The lowest BCUT2D eigenvalue weighted by Crippen LogP contribution is -2.22. The van der Waals surface area contributed by atoms with Crippen molar-refractivity contribution in [3.63, 3.8) is 0 Å². The first kappa shape index (κ1) is 18.6. The Morgan fingerprint density at radius 1 is 1.07 bits per heavy atom. The van der Waals surface area contributed by atoms with Crippen LogP contribution >= 0.6 is 0 Å². The van der Waals surface area contributed by atoms with E-state index in [9.17, 15) is 4.79 Å². The SMILES string of the molecule is CCOc1cnc(-n2ncc3cc(-c4cccc(OC)c4C)ccc3c2=O)nc1. The Labute approximate surface area is 167 Å². The van der Waals surface area contributed by atoms with Crippen molar-refractivity contribution in [1.29, 1.82) is 0 Å². The van der Waals surface area contributed by atoms with Crippen LogP contribution in [0.4, 0.5) is 0 Å². The second-order valence-corrected chi connectivity index (χ2v) is 6.45. The van der Waals surface area contributed by atoms with Gasteiger partial charge in [0.1, 0.15) is 5.75 Å². The first-order valence-electron chi connectivity index (χ1n) is 9.23. The van der Waals surface area contributed by atoms with Crippen molar-refractivity contribution in [2.24, 2.45) is 0 Å². The van der Waals surface area contributed by atoms with E-state index in [1.807, 2.05) is 44.2 Å². The van der Waals surface area contributed by atoms with Crippen LogP contribution in [0.5, 0.6) is 11.5 Å². The van der Waals surface area contributed by atoms with Crippen molar-refractivity contribution in [2.75, 3.05) is 13.7 Å². The molecule has 0 saturated carbocycles. The summed E-state index contributed by atoms with van der Waals surface area (Å²) < 4.78 is 11.9. The number of fused-ring (bicyclic) bond motifs is 1. The Morgan fingerprint density at radius 3 is 2.59 bits per heavy atom. The summed E-state index contributed by atoms with van der Waals surface area (Å²) in [6.45, 7) is 4.41. The summed E-state index contributed by atoms with van der Waals surface area (Å²) in [6.07, 6.45) is 4.70. The van der Waals surface area contributed by atoms with Gasteiger partial charge in [-0.1, -0.05) is 18.2 Å². The van der Waals surface area contributed by atoms with Gasteiger partial charge in [0, 0.05) is 5.39 Å². The van der Waals surface area contributed by atoms with E-state index in [0.717, 1.165) is 27.8 Å². The third-order valence-electron chi connectivity index (χ3n) is 4.72. The van der Waals surface area contributed by atoms with Crippen LogP contribution in [-0.2, 0) is 0 Å². The normalized spacial score (nSPS) is 10.9. The number of ether oxygens (including phenoxy) is 2. The zero-order valence-electron chi connectivity index (χ0n) is 16.4. The summed E-state index contributed by atoms with van der Waals surface area (Å²) in [6, 6.07) is 11.6. The zero-order chi connectivity index (χ0) is 20.4. The van der Waals surface area contributed by atoms with Crippen LogP contribution in [-0.4, -0.2) is 33.5 Å². The minimum atomic E-state index is -0.277. The number of nitrogens with zero attached hydrogens (tertiary/aromatic N) is 4. The van der Waals surface area contributed by atoms with E-state index >= 15 is 0 Å². The molecule has 0 aliphatic carbocycles. The molecule has 4 aromatic rings. The van der Waals surface area contributed by atoms with E-state index in [-0.39, 0.29) is 11.5 Å². The fourth-order valence-corrected chi connectivity index (χ4v) is 3.27. The minimum Gasteiger partial charge on any atom is -0.496 e. The van der Waals surface area contributed by atoms with Gasteiger partial charge in [-0.05, 0) is 48.7 Å². The molecule has 2 heterocycles. The highest BCUT2D eigenvalue weighted by molar-refractivity contribution is 5.87. The standard InChI is InChI=1S/C22H20N4O3/c1-4-29-17-12-23-22(24-13-17)26-21(27)19-9-8-15(10-16(19)11-25-26)18-6-5-7-20(28-3)14(18)2/h5-13H,4H2,1-3H3. The molecule has 0 amide bonds. The summed E-state index contributed by atoms with van der Waals surface area (Å²) in [5.41, 5.74) is 2.80. The first-order chi connectivity index (χ1) is 14.1. The molecule has 0 fully saturated rings. The van der Waals surface area contributed by atoms with E-state index in [1.54, 1.807) is 19.4 Å². The zero-order valence-corrected chi connectivity index (χ0v) is 16.4. The van der Waals surface area contributed by atoms with Crippen molar-refractivity contribution in [1.82, 2.24) is 19.7 Å². The maximum absolute atomic E-state index is 12.9. The molecule has 2 aromatic carbocycles. The number of rotatable bonds is 5. The molecule has 0 radical (unpaired) electrons. The maximum atomic E-state index is 12.9. The highest BCUT2D eigenvalue weighted by Crippen LogP contribution is 2.31. The molecule has 0 aliphatic heterocycles. The van der Waals surface area contributed by atoms with E-state index in [1.165, 1.54) is 17.1 Å². The average molecular weight is 388 g/mol. The van der Waals surface area contributed by atoms with Crippen LogP contribution in [0.15, 0.2) is 59.8 Å². The molecule has 0 atom stereocenters. The van der Waals surface area contributed by atoms with Gasteiger partial charge >= 0.3 is 0 Å². The Hall–Kier alpha value is -3.74. The molecule has 7 heteroatoms. The quantitative estimate of drug-likeness (QED) is 0.520. The third kappa shape index (κ3) is 3.42. The van der Waals surface area contributed by atoms with Gasteiger partial charge in [0.2, 0.25) is 0 Å². The van der Waals surface area contributed by atoms with Gasteiger partial charge in [-0.3, -0.25) is 4.79 Å². The van der Waals surface area contributed by atoms with Gasteiger partial charge in [-0.15, -0.1) is 0 Å². The van der Waals surface area contributed by atoms with Crippen LogP contribution in [0.25, 0.3) is 27.8 Å². The van der Waals surface area contributed by atoms with Crippen molar-refractivity contribution in [2.45, 2.75) is 13.8 Å². The van der Waals surface area contributed by atoms with E-state index in [0.29, 0.717) is 17.7 Å². The fourth-order valence-electron chi connectivity index (χ4n) is 3.27. The van der Waals surface area contributed by atoms with Crippen molar-refractivity contribution in [3.8, 4) is 28.6 Å². The second-order valence-electron chi connectivity index (χ2n) is 6.45. The molecule has 0 saturated heterocycles. The third-order valence-corrected chi connectivity index (χ3v) is 4.72. The molecule has 2 aromatic heterocycles. The lowest BCUT2D eigenvalue weighted by molar-refractivity contribution is 0.337. The predicted molar refractivity (Wildman–Crippen MR) is 111 cm³/mol. The number of methoxy groups -OCH3 is 1. The van der Waals surface area contributed by atoms with Gasteiger partial charge in [-0.25, -0.2) is 9.97 Å². The monoisotopic (exact) mass is 388 g/mol. The Balaban J connectivity index is 1.77. The highest BCUT2D eigenvalue weighted by Gasteiger charge is 2.12. The van der Waals surface area contributed by atoms with Crippen LogP contribution in [0.3, 0.4) is 0 Å². The smallest absolute Gasteiger partial charge is 0.282 e. The lowest BCUT2D eigenvalue weighted by atomic mass is 9.98. The van der Waals surface area contributed by atoms with E-state index in [2.05, 4.69) is 15.1 Å².